The largest absolute Gasteiger partial charge is 0.480 e. The fourth-order valence-corrected chi connectivity index (χ4v) is 2.06. The van der Waals surface area contributed by atoms with Gasteiger partial charge in [-0.3, -0.25) is 0 Å². The van der Waals surface area contributed by atoms with E-state index in [2.05, 4.69) is 10.6 Å². The third-order valence-corrected chi connectivity index (χ3v) is 3.28. The van der Waals surface area contributed by atoms with Crippen molar-refractivity contribution in [1.29, 1.82) is 0 Å². The zero-order valence-corrected chi connectivity index (χ0v) is 11.1. The number of carbonyl (C=O) groups is 2. The van der Waals surface area contributed by atoms with Crippen LogP contribution >= 0.6 is 0 Å². The average Bonchev–Trinajstić information content (AvgIpc) is 3.13. The first-order valence-electron chi connectivity index (χ1n) is 6.35. The number of hydrogen-bond acceptors (Lipinski definition) is 2. The molecule has 1 fully saturated rings. The normalized spacial score (nSPS) is 15.7. The van der Waals surface area contributed by atoms with E-state index in [1.165, 1.54) is 0 Å². The summed E-state index contributed by atoms with van der Waals surface area (Å²) in [6, 6.07) is 4.43. The Morgan fingerprint density at radius 2 is 2.00 bits per heavy atom. The second kappa shape index (κ2) is 5.30. The topological polar surface area (TPSA) is 78.4 Å². The van der Waals surface area contributed by atoms with Gasteiger partial charge in [0, 0.05) is 5.69 Å². The van der Waals surface area contributed by atoms with Gasteiger partial charge in [-0.25, -0.2) is 9.59 Å². The van der Waals surface area contributed by atoms with Gasteiger partial charge in [-0.2, -0.15) is 0 Å². The highest BCUT2D eigenvalue weighted by Crippen LogP contribution is 2.32. The molecule has 1 unspecified atom stereocenters. The van der Waals surface area contributed by atoms with Crippen LogP contribution in [-0.4, -0.2) is 23.1 Å². The third kappa shape index (κ3) is 3.47. The molecule has 1 atom stereocenters. The molecular formula is C14H18N2O3. The van der Waals surface area contributed by atoms with E-state index in [0.717, 1.165) is 24.0 Å². The Morgan fingerprint density at radius 1 is 1.32 bits per heavy atom. The van der Waals surface area contributed by atoms with Crippen molar-refractivity contribution in [2.45, 2.75) is 32.7 Å². The molecular weight excluding hydrogens is 244 g/mol. The van der Waals surface area contributed by atoms with E-state index in [1.54, 1.807) is 0 Å². The molecule has 1 saturated carbocycles. The molecule has 1 aromatic carbocycles. The summed E-state index contributed by atoms with van der Waals surface area (Å²) in [6.45, 7) is 3.88. The fraction of sp³-hybridized carbons (Fsp3) is 0.429. The first-order valence-corrected chi connectivity index (χ1v) is 6.35. The van der Waals surface area contributed by atoms with Gasteiger partial charge in [0.1, 0.15) is 6.04 Å². The molecule has 0 radical (unpaired) electrons. The lowest BCUT2D eigenvalue weighted by Gasteiger charge is -2.15. The van der Waals surface area contributed by atoms with E-state index in [9.17, 15) is 9.59 Å². The van der Waals surface area contributed by atoms with Gasteiger partial charge in [0.2, 0.25) is 0 Å². The van der Waals surface area contributed by atoms with Gasteiger partial charge in [0.25, 0.3) is 0 Å². The molecule has 3 N–H and O–H groups in total. The number of carboxylic acids is 1. The van der Waals surface area contributed by atoms with E-state index < -0.39 is 18.0 Å². The zero-order chi connectivity index (χ0) is 14.0. The van der Waals surface area contributed by atoms with Crippen molar-refractivity contribution in [1.82, 2.24) is 5.32 Å². The summed E-state index contributed by atoms with van der Waals surface area (Å²) in [5.41, 5.74) is 2.77. The second-order valence-electron chi connectivity index (χ2n) is 5.07. The van der Waals surface area contributed by atoms with Gasteiger partial charge in [-0.15, -0.1) is 0 Å². The van der Waals surface area contributed by atoms with E-state index in [0.29, 0.717) is 5.69 Å². The van der Waals surface area contributed by atoms with Gasteiger partial charge in [0.05, 0.1) is 0 Å². The number of carboxylic acid groups (broad SMARTS) is 1. The smallest absolute Gasteiger partial charge is 0.326 e. The van der Waals surface area contributed by atoms with Crippen LogP contribution in [0.25, 0.3) is 0 Å². The number of aliphatic carboxylic acids is 1. The lowest BCUT2D eigenvalue weighted by atomic mass is 10.1. The Morgan fingerprint density at radius 3 is 2.53 bits per heavy atom. The highest BCUT2D eigenvalue weighted by molar-refractivity contribution is 5.93. The van der Waals surface area contributed by atoms with Crippen LogP contribution in [0.15, 0.2) is 18.2 Å². The molecule has 0 saturated heterocycles. The van der Waals surface area contributed by atoms with Crippen LogP contribution in [0.4, 0.5) is 10.5 Å². The maximum Gasteiger partial charge on any atom is 0.326 e. The monoisotopic (exact) mass is 262 g/mol. The number of carbonyl (C=O) groups excluding carboxylic acids is 1. The standard InChI is InChI=1S/C14H18N2O3/c1-8-3-6-11(9(2)7-8)15-14(19)16-12(13(17)18)10-4-5-10/h3,6-7,10,12H,4-5H2,1-2H3,(H,17,18)(H2,15,16,19). The van der Waals surface area contributed by atoms with Crippen molar-refractivity contribution in [3.05, 3.63) is 29.3 Å². The Hall–Kier alpha value is -2.04. The Kier molecular flexibility index (Phi) is 3.74. The van der Waals surface area contributed by atoms with Crippen molar-refractivity contribution >= 4 is 17.7 Å². The maximum absolute atomic E-state index is 11.8. The van der Waals surface area contributed by atoms with Crippen molar-refractivity contribution in [3.8, 4) is 0 Å². The third-order valence-electron chi connectivity index (χ3n) is 3.28. The number of aryl methyl sites for hydroxylation is 2. The second-order valence-corrected chi connectivity index (χ2v) is 5.07. The number of nitrogens with one attached hydrogen (secondary N) is 2. The van der Waals surface area contributed by atoms with Crippen LogP contribution in [-0.2, 0) is 4.79 Å². The van der Waals surface area contributed by atoms with Gasteiger partial charge in [-0.1, -0.05) is 17.7 Å². The number of hydrogen-bond donors (Lipinski definition) is 3. The first-order chi connectivity index (χ1) is 8.97. The molecule has 0 spiro atoms. The Bertz CT molecular complexity index is 509. The van der Waals surface area contributed by atoms with E-state index in [4.69, 9.17) is 5.11 Å². The summed E-state index contributed by atoms with van der Waals surface area (Å²) < 4.78 is 0. The lowest BCUT2D eigenvalue weighted by Crippen LogP contribution is -2.44. The summed E-state index contributed by atoms with van der Waals surface area (Å²) in [5.74, 6) is -0.902. The molecule has 0 bridgehead atoms. The SMILES string of the molecule is Cc1ccc(NC(=O)NC(C(=O)O)C2CC2)c(C)c1. The molecule has 19 heavy (non-hydrogen) atoms. The van der Waals surface area contributed by atoms with Crippen molar-refractivity contribution in [2.75, 3.05) is 5.32 Å². The van der Waals surface area contributed by atoms with Gasteiger partial charge < -0.3 is 15.7 Å². The Balaban J connectivity index is 1.98. The van der Waals surface area contributed by atoms with E-state index in [-0.39, 0.29) is 5.92 Å². The van der Waals surface area contributed by atoms with Gasteiger partial charge >= 0.3 is 12.0 Å². The molecule has 2 amide bonds. The van der Waals surface area contributed by atoms with Crippen LogP contribution in [0.1, 0.15) is 24.0 Å². The molecule has 0 heterocycles. The van der Waals surface area contributed by atoms with Crippen LogP contribution in [0.3, 0.4) is 0 Å². The molecule has 0 aliphatic heterocycles. The summed E-state index contributed by atoms with van der Waals surface area (Å²) >= 11 is 0. The lowest BCUT2D eigenvalue weighted by molar-refractivity contribution is -0.139. The number of urea groups is 1. The number of benzene rings is 1. The summed E-state index contributed by atoms with van der Waals surface area (Å²) in [5, 5.41) is 14.3. The highest BCUT2D eigenvalue weighted by Gasteiger charge is 2.37. The summed E-state index contributed by atoms with van der Waals surface area (Å²) in [4.78, 5) is 22.8. The number of amides is 2. The molecule has 5 nitrogen and oxygen atoms in total. The molecule has 102 valence electrons. The fourth-order valence-electron chi connectivity index (χ4n) is 2.06. The van der Waals surface area contributed by atoms with E-state index in [1.807, 2.05) is 32.0 Å². The van der Waals surface area contributed by atoms with Crippen LogP contribution in [0, 0.1) is 19.8 Å². The molecule has 1 aromatic rings. The molecule has 5 heteroatoms. The van der Waals surface area contributed by atoms with Crippen molar-refractivity contribution in [2.24, 2.45) is 5.92 Å². The maximum atomic E-state index is 11.8. The highest BCUT2D eigenvalue weighted by atomic mass is 16.4. The minimum atomic E-state index is -0.974. The average molecular weight is 262 g/mol. The van der Waals surface area contributed by atoms with Gasteiger partial charge in [-0.05, 0) is 44.2 Å². The predicted molar refractivity (Wildman–Crippen MR) is 72.2 cm³/mol. The van der Waals surface area contributed by atoms with Crippen LogP contribution < -0.4 is 10.6 Å². The van der Waals surface area contributed by atoms with Crippen molar-refractivity contribution < 1.29 is 14.7 Å². The zero-order valence-electron chi connectivity index (χ0n) is 11.1. The molecule has 0 aromatic heterocycles. The quantitative estimate of drug-likeness (QED) is 0.779. The molecule has 2 rings (SSSR count). The predicted octanol–water partition coefficient (Wildman–Crippen LogP) is 2.29. The van der Waals surface area contributed by atoms with Crippen LogP contribution in [0.2, 0.25) is 0 Å². The van der Waals surface area contributed by atoms with E-state index >= 15 is 0 Å². The minimum Gasteiger partial charge on any atom is -0.480 e. The van der Waals surface area contributed by atoms with Crippen molar-refractivity contribution in [3.63, 3.8) is 0 Å². The molecule has 1 aliphatic carbocycles. The minimum absolute atomic E-state index is 0.0716. The van der Waals surface area contributed by atoms with Gasteiger partial charge in [0.15, 0.2) is 0 Å². The number of rotatable bonds is 4. The summed E-state index contributed by atoms with van der Waals surface area (Å²) in [6.07, 6.45) is 1.72. The first kappa shape index (κ1) is 13.4. The Labute approximate surface area is 112 Å². The van der Waals surface area contributed by atoms with Crippen LogP contribution in [0.5, 0.6) is 0 Å². The number of anilines is 1. The molecule has 1 aliphatic rings. The summed E-state index contributed by atoms with van der Waals surface area (Å²) in [7, 11) is 0.